The van der Waals surface area contributed by atoms with Crippen molar-refractivity contribution in [3.8, 4) is 5.75 Å². The van der Waals surface area contributed by atoms with Crippen LogP contribution < -0.4 is 0 Å². The Kier molecular flexibility index (Phi) is 3.98. The van der Waals surface area contributed by atoms with Crippen molar-refractivity contribution in [2.45, 2.75) is 23.8 Å². The van der Waals surface area contributed by atoms with Crippen molar-refractivity contribution in [1.29, 1.82) is 0 Å². The smallest absolute Gasteiger partial charge is 0.339 e. The number of aromatic carboxylic acids is 1. The van der Waals surface area contributed by atoms with Crippen LogP contribution in [0, 0.1) is 0 Å². The van der Waals surface area contributed by atoms with Crippen molar-refractivity contribution in [3.63, 3.8) is 0 Å². The van der Waals surface area contributed by atoms with Crippen molar-refractivity contribution in [1.82, 2.24) is 4.31 Å². The van der Waals surface area contributed by atoms with Gasteiger partial charge in [0.15, 0.2) is 0 Å². The third-order valence-electron chi connectivity index (χ3n) is 3.26. The molecule has 0 saturated carbocycles. The van der Waals surface area contributed by atoms with E-state index in [4.69, 9.17) is 5.11 Å². The zero-order valence-corrected chi connectivity index (χ0v) is 11.4. The Morgan fingerprint density at radius 2 is 1.85 bits per heavy atom. The zero-order valence-electron chi connectivity index (χ0n) is 10.6. The van der Waals surface area contributed by atoms with Gasteiger partial charge in [-0.1, -0.05) is 0 Å². The van der Waals surface area contributed by atoms with Crippen LogP contribution in [-0.2, 0) is 10.0 Å². The van der Waals surface area contributed by atoms with E-state index in [2.05, 4.69) is 0 Å². The molecule has 0 unspecified atom stereocenters. The Morgan fingerprint density at radius 3 is 2.40 bits per heavy atom. The van der Waals surface area contributed by atoms with Crippen LogP contribution in [0.1, 0.15) is 23.2 Å². The topological polar surface area (TPSA) is 115 Å². The number of hydrogen-bond donors (Lipinski definition) is 3. The lowest BCUT2D eigenvalue weighted by Gasteiger charge is -2.28. The number of rotatable bonds is 3. The molecule has 1 heterocycles. The highest BCUT2D eigenvalue weighted by molar-refractivity contribution is 7.89. The maximum atomic E-state index is 12.3. The van der Waals surface area contributed by atoms with E-state index >= 15 is 0 Å². The molecule has 2 rings (SSSR count). The molecule has 0 radical (unpaired) electrons. The molecule has 0 aliphatic carbocycles. The van der Waals surface area contributed by atoms with Crippen LogP contribution >= 0.6 is 0 Å². The Morgan fingerprint density at radius 1 is 1.25 bits per heavy atom. The van der Waals surface area contributed by atoms with E-state index in [1.807, 2.05) is 0 Å². The fourth-order valence-corrected chi connectivity index (χ4v) is 3.57. The molecule has 1 saturated heterocycles. The van der Waals surface area contributed by atoms with Crippen LogP contribution in [0.15, 0.2) is 23.1 Å². The van der Waals surface area contributed by atoms with Crippen LogP contribution in [0.3, 0.4) is 0 Å². The second-order valence-corrected chi connectivity index (χ2v) is 6.56. The number of piperidine rings is 1. The molecule has 8 heteroatoms. The summed E-state index contributed by atoms with van der Waals surface area (Å²) in [7, 11) is -3.81. The van der Waals surface area contributed by atoms with Gasteiger partial charge in [-0.05, 0) is 31.0 Å². The number of carboxylic acids is 1. The van der Waals surface area contributed by atoms with Crippen LogP contribution in [0.25, 0.3) is 0 Å². The van der Waals surface area contributed by atoms with Gasteiger partial charge in [-0.3, -0.25) is 0 Å². The molecule has 20 heavy (non-hydrogen) atoms. The average Bonchev–Trinajstić information content (AvgIpc) is 2.39. The Hall–Kier alpha value is -1.64. The second kappa shape index (κ2) is 5.39. The lowest BCUT2D eigenvalue weighted by molar-refractivity contribution is 0.0693. The Balaban J connectivity index is 2.35. The van der Waals surface area contributed by atoms with Crippen molar-refractivity contribution >= 4 is 16.0 Å². The van der Waals surface area contributed by atoms with E-state index < -0.39 is 33.4 Å². The Labute approximate surface area is 116 Å². The summed E-state index contributed by atoms with van der Waals surface area (Å²) in [6.07, 6.45) is 0.197. The second-order valence-electron chi connectivity index (χ2n) is 4.62. The number of nitrogens with zero attached hydrogens (tertiary/aromatic N) is 1. The summed E-state index contributed by atoms with van der Waals surface area (Å²) in [6.45, 7) is 0.375. The van der Waals surface area contributed by atoms with E-state index in [0.29, 0.717) is 12.8 Å². The highest BCUT2D eigenvalue weighted by atomic mass is 32.2. The monoisotopic (exact) mass is 301 g/mol. The first-order valence-corrected chi connectivity index (χ1v) is 7.51. The van der Waals surface area contributed by atoms with Gasteiger partial charge in [0.2, 0.25) is 10.0 Å². The first kappa shape index (κ1) is 14.8. The van der Waals surface area contributed by atoms with E-state index in [1.165, 1.54) is 10.4 Å². The fraction of sp³-hybridized carbons (Fsp3) is 0.417. The number of benzene rings is 1. The third-order valence-corrected chi connectivity index (χ3v) is 5.15. The van der Waals surface area contributed by atoms with Gasteiger partial charge >= 0.3 is 5.97 Å². The fourth-order valence-electron chi connectivity index (χ4n) is 2.08. The largest absolute Gasteiger partial charge is 0.507 e. The summed E-state index contributed by atoms with van der Waals surface area (Å²) in [5.74, 6) is -1.88. The minimum Gasteiger partial charge on any atom is -0.507 e. The molecule has 110 valence electrons. The maximum absolute atomic E-state index is 12.3. The van der Waals surface area contributed by atoms with E-state index in [1.54, 1.807) is 0 Å². The van der Waals surface area contributed by atoms with E-state index in [9.17, 15) is 23.4 Å². The predicted octanol–water partition coefficient (Wildman–Crippen LogP) is 0.236. The molecule has 0 amide bonds. The van der Waals surface area contributed by atoms with Gasteiger partial charge in [-0.25, -0.2) is 13.2 Å². The highest BCUT2D eigenvalue weighted by Crippen LogP contribution is 2.25. The molecule has 7 nitrogen and oxygen atoms in total. The highest BCUT2D eigenvalue weighted by Gasteiger charge is 2.29. The number of aliphatic hydroxyl groups excluding tert-OH is 1. The average molecular weight is 301 g/mol. The summed E-state index contributed by atoms with van der Waals surface area (Å²) in [4.78, 5) is 10.7. The van der Waals surface area contributed by atoms with Gasteiger partial charge in [0, 0.05) is 13.1 Å². The molecule has 0 spiro atoms. The molecule has 1 aromatic rings. The molecule has 0 bridgehead atoms. The van der Waals surface area contributed by atoms with Gasteiger partial charge in [-0.2, -0.15) is 4.31 Å². The van der Waals surface area contributed by atoms with Gasteiger partial charge in [0.1, 0.15) is 11.3 Å². The van der Waals surface area contributed by atoms with Crippen LogP contribution in [0.2, 0.25) is 0 Å². The van der Waals surface area contributed by atoms with Crippen molar-refractivity contribution in [3.05, 3.63) is 23.8 Å². The summed E-state index contributed by atoms with van der Waals surface area (Å²) >= 11 is 0. The molecule has 1 aliphatic heterocycles. The van der Waals surface area contributed by atoms with Gasteiger partial charge < -0.3 is 15.3 Å². The minimum absolute atomic E-state index is 0.177. The zero-order chi connectivity index (χ0) is 14.9. The summed E-state index contributed by atoms with van der Waals surface area (Å²) < 4.78 is 25.9. The molecule has 0 atom stereocenters. The van der Waals surface area contributed by atoms with Gasteiger partial charge in [0.05, 0.1) is 11.0 Å². The van der Waals surface area contributed by atoms with Crippen molar-refractivity contribution in [2.75, 3.05) is 13.1 Å². The lowest BCUT2D eigenvalue weighted by Crippen LogP contribution is -2.40. The number of carbonyl (C=O) groups is 1. The standard InChI is InChI=1S/C12H15NO6S/c14-8-3-5-13(6-4-8)20(18,19)9-1-2-11(15)10(7-9)12(16)17/h1-2,7-8,14-15H,3-6H2,(H,16,17). The van der Waals surface area contributed by atoms with Gasteiger partial charge in [-0.15, -0.1) is 0 Å². The molecular formula is C12H15NO6S. The molecule has 0 aromatic heterocycles. The maximum Gasteiger partial charge on any atom is 0.339 e. The Bertz CT molecular complexity index is 619. The van der Waals surface area contributed by atoms with Crippen LogP contribution in [0.5, 0.6) is 5.75 Å². The summed E-state index contributed by atoms with van der Waals surface area (Å²) in [5, 5.41) is 27.7. The normalized spacial score (nSPS) is 18.1. The van der Waals surface area contributed by atoms with Crippen LogP contribution in [-0.4, -0.2) is 53.2 Å². The SMILES string of the molecule is O=C(O)c1cc(S(=O)(=O)N2CCC(O)CC2)ccc1O. The summed E-state index contributed by atoms with van der Waals surface area (Å²) in [5.41, 5.74) is -0.455. The number of aromatic hydroxyl groups is 1. The van der Waals surface area contributed by atoms with Crippen LogP contribution in [0.4, 0.5) is 0 Å². The molecule has 3 N–H and O–H groups in total. The number of phenols is 1. The lowest BCUT2D eigenvalue weighted by atomic mass is 10.1. The minimum atomic E-state index is -3.81. The van der Waals surface area contributed by atoms with Crippen molar-refractivity contribution in [2.24, 2.45) is 0 Å². The first-order valence-electron chi connectivity index (χ1n) is 6.07. The molecular weight excluding hydrogens is 286 g/mol. The number of hydrogen-bond acceptors (Lipinski definition) is 5. The van der Waals surface area contributed by atoms with Crippen molar-refractivity contribution < 1.29 is 28.5 Å². The van der Waals surface area contributed by atoms with E-state index in [0.717, 1.165) is 12.1 Å². The third kappa shape index (κ3) is 2.77. The van der Waals surface area contributed by atoms with E-state index in [-0.39, 0.29) is 18.0 Å². The number of carboxylic acid groups (broad SMARTS) is 1. The van der Waals surface area contributed by atoms with Gasteiger partial charge in [0.25, 0.3) is 0 Å². The molecule has 1 aliphatic rings. The number of sulfonamides is 1. The molecule has 1 fully saturated rings. The predicted molar refractivity (Wildman–Crippen MR) is 69.1 cm³/mol. The summed E-state index contributed by atoms with van der Waals surface area (Å²) in [6, 6.07) is 3.16. The first-order chi connectivity index (χ1) is 9.32. The number of aliphatic hydroxyl groups is 1. The molecule has 1 aromatic carbocycles. The quantitative estimate of drug-likeness (QED) is 0.736.